The fraction of sp³-hybridized carbons (Fsp3) is 0.391. The van der Waals surface area contributed by atoms with E-state index in [1.54, 1.807) is 12.0 Å². The molecule has 0 amide bonds. The second-order valence-electron chi connectivity index (χ2n) is 7.58. The predicted molar refractivity (Wildman–Crippen MR) is 109 cm³/mol. The fourth-order valence-corrected chi connectivity index (χ4v) is 3.96. The largest absolute Gasteiger partial charge is 0.504 e. The van der Waals surface area contributed by atoms with Crippen LogP contribution in [0.15, 0.2) is 49.1 Å². The molecule has 2 aromatic rings. The van der Waals surface area contributed by atoms with Crippen molar-refractivity contribution < 1.29 is 19.6 Å². The van der Waals surface area contributed by atoms with Gasteiger partial charge in [0.05, 0.1) is 12.7 Å². The van der Waals surface area contributed by atoms with E-state index in [9.17, 15) is 5.11 Å². The Kier molecular flexibility index (Phi) is 6.54. The molecule has 0 aliphatic carbocycles. The van der Waals surface area contributed by atoms with Gasteiger partial charge >= 0.3 is 0 Å². The Morgan fingerprint density at radius 2 is 1.67 bits per heavy atom. The highest BCUT2D eigenvalue weighted by atomic mass is 16.5. The van der Waals surface area contributed by atoms with Gasteiger partial charge in [0.2, 0.25) is 0 Å². The number of hydrogen-bond donors (Lipinski definition) is 3. The van der Waals surface area contributed by atoms with E-state index in [1.807, 2.05) is 12.1 Å². The van der Waals surface area contributed by atoms with Crippen molar-refractivity contribution in [2.45, 2.75) is 26.4 Å². The number of nitrogens with one attached hydrogen (secondary N) is 2. The van der Waals surface area contributed by atoms with Crippen LogP contribution in [0.1, 0.15) is 22.3 Å². The van der Waals surface area contributed by atoms with Crippen LogP contribution in [-0.2, 0) is 19.5 Å². The minimum absolute atomic E-state index is 0.285. The molecule has 1 saturated heterocycles. The summed E-state index contributed by atoms with van der Waals surface area (Å²) < 4.78 is 5.36. The molecule has 0 unspecified atom stereocenters. The number of aryl methyl sites for hydroxylation is 1. The van der Waals surface area contributed by atoms with Crippen LogP contribution >= 0.6 is 0 Å². The van der Waals surface area contributed by atoms with Crippen LogP contribution in [0.4, 0.5) is 0 Å². The van der Waals surface area contributed by atoms with Gasteiger partial charge in [-0.2, -0.15) is 0 Å². The van der Waals surface area contributed by atoms with Crippen molar-refractivity contribution in [3.63, 3.8) is 0 Å². The Bertz CT molecular complexity index is 780. The lowest BCUT2D eigenvalue weighted by Gasteiger charge is -2.30. The van der Waals surface area contributed by atoms with Crippen LogP contribution in [0, 0.1) is 6.92 Å². The van der Waals surface area contributed by atoms with E-state index in [4.69, 9.17) is 4.74 Å². The van der Waals surface area contributed by atoms with E-state index in [-0.39, 0.29) is 5.75 Å². The lowest BCUT2D eigenvalue weighted by Crippen LogP contribution is -3.27. The number of ether oxygens (including phenoxy) is 1. The molecule has 0 saturated carbocycles. The Morgan fingerprint density at radius 3 is 2.26 bits per heavy atom. The topological polar surface area (TPSA) is 38.3 Å². The minimum atomic E-state index is 0.285. The molecule has 0 spiro atoms. The highest BCUT2D eigenvalue weighted by Crippen LogP contribution is 2.31. The highest BCUT2D eigenvalue weighted by Gasteiger charge is 2.25. The van der Waals surface area contributed by atoms with Gasteiger partial charge < -0.3 is 19.6 Å². The van der Waals surface area contributed by atoms with E-state index < -0.39 is 0 Å². The number of hydrogen-bond acceptors (Lipinski definition) is 2. The Morgan fingerprint density at radius 1 is 1.04 bits per heavy atom. The van der Waals surface area contributed by atoms with Gasteiger partial charge in [-0.1, -0.05) is 30.3 Å². The van der Waals surface area contributed by atoms with Gasteiger partial charge in [0.25, 0.3) is 0 Å². The smallest absolute Gasteiger partial charge is 0.166 e. The van der Waals surface area contributed by atoms with Gasteiger partial charge in [-0.25, -0.2) is 0 Å². The summed E-state index contributed by atoms with van der Waals surface area (Å²) in [5, 5.41) is 10.5. The van der Waals surface area contributed by atoms with Gasteiger partial charge in [0.15, 0.2) is 11.5 Å². The number of phenolic OH excluding ortho intramolecular Hbond substituents is 1. The van der Waals surface area contributed by atoms with Gasteiger partial charge in [0, 0.05) is 5.56 Å². The zero-order valence-corrected chi connectivity index (χ0v) is 16.6. The number of quaternary nitrogens is 2. The third-order valence-electron chi connectivity index (χ3n) is 5.62. The van der Waals surface area contributed by atoms with E-state index in [2.05, 4.69) is 43.8 Å². The molecule has 1 heterocycles. The number of methoxy groups -OCH3 is 1. The lowest BCUT2D eigenvalue weighted by atomic mass is 10.0. The van der Waals surface area contributed by atoms with Crippen molar-refractivity contribution in [2.75, 3.05) is 33.3 Å². The number of benzene rings is 2. The van der Waals surface area contributed by atoms with Crippen LogP contribution in [0.5, 0.6) is 11.5 Å². The number of piperazine rings is 1. The first-order valence-corrected chi connectivity index (χ1v) is 9.82. The molecule has 1 aliphatic rings. The molecular weight excluding hydrogens is 336 g/mol. The van der Waals surface area contributed by atoms with Crippen LogP contribution in [0.3, 0.4) is 0 Å². The van der Waals surface area contributed by atoms with Gasteiger partial charge in [-0.05, 0) is 36.6 Å². The van der Waals surface area contributed by atoms with E-state index in [0.717, 1.165) is 56.8 Å². The van der Waals surface area contributed by atoms with Crippen molar-refractivity contribution in [2.24, 2.45) is 0 Å². The molecule has 3 N–H and O–H groups in total. The number of phenols is 1. The standard InChI is InChI=1S/C23H30N2O2/c1-4-7-19-14-21(23(26)22(15-19)27-3)17-25-12-10-24(11-13-25)16-20-9-6-5-8-18(20)2/h4-6,8-9,14-15,26H,1,7,10-13,16-17H2,2-3H3/p+2. The minimum Gasteiger partial charge on any atom is -0.504 e. The van der Waals surface area contributed by atoms with Gasteiger partial charge in [0.1, 0.15) is 39.3 Å². The molecule has 0 atom stereocenters. The van der Waals surface area contributed by atoms with E-state index >= 15 is 0 Å². The molecule has 27 heavy (non-hydrogen) atoms. The first-order valence-electron chi connectivity index (χ1n) is 9.82. The zero-order chi connectivity index (χ0) is 19.2. The number of rotatable bonds is 7. The van der Waals surface area contributed by atoms with Crippen LogP contribution < -0.4 is 14.5 Å². The summed E-state index contributed by atoms with van der Waals surface area (Å²) >= 11 is 0. The summed E-state index contributed by atoms with van der Waals surface area (Å²) in [6.07, 6.45) is 2.67. The van der Waals surface area contributed by atoms with Crippen LogP contribution in [-0.4, -0.2) is 38.4 Å². The summed E-state index contributed by atoms with van der Waals surface area (Å²) in [4.78, 5) is 3.17. The molecule has 3 rings (SSSR count). The summed E-state index contributed by atoms with van der Waals surface area (Å²) in [6, 6.07) is 12.7. The Balaban J connectivity index is 1.61. The second-order valence-corrected chi connectivity index (χ2v) is 7.58. The molecule has 0 aromatic heterocycles. The third-order valence-corrected chi connectivity index (χ3v) is 5.62. The van der Waals surface area contributed by atoms with E-state index in [1.165, 1.54) is 16.0 Å². The summed E-state index contributed by atoms with van der Waals surface area (Å²) in [5.74, 6) is 0.847. The second kappa shape index (κ2) is 9.07. The maximum atomic E-state index is 10.5. The average molecular weight is 369 g/mol. The molecule has 4 nitrogen and oxygen atoms in total. The highest BCUT2D eigenvalue weighted by molar-refractivity contribution is 5.48. The van der Waals surface area contributed by atoms with Crippen molar-refractivity contribution in [1.29, 1.82) is 0 Å². The molecule has 1 fully saturated rings. The van der Waals surface area contributed by atoms with Crippen LogP contribution in [0.2, 0.25) is 0 Å². The number of allylic oxidation sites excluding steroid dienone is 1. The monoisotopic (exact) mass is 368 g/mol. The SMILES string of the molecule is C=CCc1cc(C[NH+]2CC[NH+](Cc3ccccc3C)CC2)c(O)c(OC)c1. The molecule has 2 aromatic carbocycles. The fourth-order valence-electron chi connectivity index (χ4n) is 3.96. The number of aromatic hydroxyl groups is 1. The summed E-state index contributed by atoms with van der Waals surface area (Å²) in [5.41, 5.74) is 4.95. The van der Waals surface area contributed by atoms with Crippen LogP contribution in [0.25, 0.3) is 0 Å². The molecule has 0 radical (unpaired) electrons. The quantitative estimate of drug-likeness (QED) is 0.636. The molecule has 144 valence electrons. The van der Waals surface area contributed by atoms with Gasteiger partial charge in [-0.15, -0.1) is 6.58 Å². The Labute approximate surface area is 162 Å². The molecular formula is C23H32N2O2+2. The van der Waals surface area contributed by atoms with Gasteiger partial charge in [-0.3, -0.25) is 0 Å². The maximum Gasteiger partial charge on any atom is 0.166 e. The first-order chi connectivity index (χ1) is 13.1. The predicted octanol–water partition coefficient (Wildman–Crippen LogP) is 0.921. The van der Waals surface area contributed by atoms with Crippen molar-refractivity contribution in [3.8, 4) is 11.5 Å². The maximum absolute atomic E-state index is 10.5. The van der Waals surface area contributed by atoms with E-state index in [0.29, 0.717) is 5.75 Å². The normalized spacial score (nSPS) is 19.6. The summed E-state index contributed by atoms with van der Waals surface area (Å²) in [7, 11) is 1.61. The van der Waals surface area contributed by atoms with Crippen molar-refractivity contribution in [1.82, 2.24) is 0 Å². The lowest BCUT2D eigenvalue weighted by molar-refractivity contribution is -1.02. The molecule has 1 aliphatic heterocycles. The molecule has 0 bridgehead atoms. The zero-order valence-electron chi connectivity index (χ0n) is 16.6. The average Bonchev–Trinajstić information content (AvgIpc) is 2.67. The van der Waals surface area contributed by atoms with Crippen molar-refractivity contribution >= 4 is 0 Å². The Hall–Kier alpha value is -2.30. The summed E-state index contributed by atoms with van der Waals surface area (Å²) in [6.45, 7) is 12.5. The third kappa shape index (κ3) is 4.90. The molecule has 4 heteroatoms. The van der Waals surface area contributed by atoms with Crippen molar-refractivity contribution in [3.05, 3.63) is 71.3 Å². The first kappa shape index (κ1) is 19.5.